The minimum atomic E-state index is -0.512. The van der Waals surface area contributed by atoms with Gasteiger partial charge in [-0.05, 0) is 18.1 Å². The second-order valence-electron chi connectivity index (χ2n) is 3.73. The van der Waals surface area contributed by atoms with Gasteiger partial charge >= 0.3 is 0 Å². The molecule has 0 amide bonds. The third kappa shape index (κ3) is 3.12. The molecule has 0 spiro atoms. The first-order valence-electron chi connectivity index (χ1n) is 4.72. The van der Waals surface area contributed by atoms with E-state index in [1.165, 1.54) is 12.1 Å². The number of nitro groups is 1. The highest BCUT2D eigenvalue weighted by molar-refractivity contribution is 5.63. The molecule has 0 bridgehead atoms. The highest BCUT2D eigenvalue weighted by Gasteiger charge is 2.14. The van der Waals surface area contributed by atoms with Crippen molar-refractivity contribution < 1.29 is 10.0 Å². The molecule has 0 heterocycles. The second-order valence-corrected chi connectivity index (χ2v) is 3.73. The molecule has 1 rings (SSSR count). The average Bonchev–Trinajstić information content (AvgIpc) is 2.15. The number of phenolic OH excluding ortho intramolecular Hbond substituents is 1. The highest BCUT2D eigenvalue weighted by atomic mass is 16.6. The number of benzene rings is 1. The van der Waals surface area contributed by atoms with Crippen LogP contribution in [-0.2, 0) is 0 Å². The Morgan fingerprint density at radius 3 is 2.73 bits per heavy atom. The van der Waals surface area contributed by atoms with Crippen LogP contribution >= 0.6 is 0 Å². The van der Waals surface area contributed by atoms with E-state index in [0.717, 1.165) is 6.07 Å². The first kappa shape index (κ1) is 11.3. The van der Waals surface area contributed by atoms with Crippen molar-refractivity contribution >= 4 is 11.4 Å². The van der Waals surface area contributed by atoms with Crippen molar-refractivity contribution in [3.63, 3.8) is 0 Å². The number of nitrogens with zero attached hydrogens (tertiary/aromatic N) is 1. The van der Waals surface area contributed by atoms with Crippen LogP contribution in [0.3, 0.4) is 0 Å². The van der Waals surface area contributed by atoms with Crippen LogP contribution < -0.4 is 5.32 Å². The summed E-state index contributed by atoms with van der Waals surface area (Å²) in [6.07, 6.45) is 0. The van der Waals surface area contributed by atoms with Crippen LogP contribution in [0.15, 0.2) is 18.2 Å². The maximum Gasteiger partial charge on any atom is 0.296 e. The van der Waals surface area contributed by atoms with E-state index in [4.69, 9.17) is 5.11 Å². The Bertz CT molecular complexity index is 364. The molecule has 0 aliphatic heterocycles. The molecule has 0 saturated carbocycles. The van der Waals surface area contributed by atoms with Gasteiger partial charge in [0.2, 0.25) is 0 Å². The fourth-order valence-electron chi connectivity index (χ4n) is 1.13. The maximum atomic E-state index is 10.7. The summed E-state index contributed by atoms with van der Waals surface area (Å²) in [5, 5.41) is 22.8. The molecule has 0 aromatic heterocycles. The number of phenols is 1. The van der Waals surface area contributed by atoms with Gasteiger partial charge in [0, 0.05) is 6.54 Å². The van der Waals surface area contributed by atoms with Crippen LogP contribution in [0.4, 0.5) is 11.4 Å². The summed E-state index contributed by atoms with van der Waals surface area (Å²) in [4.78, 5) is 10.2. The lowest BCUT2D eigenvalue weighted by Gasteiger charge is -2.09. The third-order valence-corrected chi connectivity index (χ3v) is 1.88. The monoisotopic (exact) mass is 210 g/mol. The lowest BCUT2D eigenvalue weighted by molar-refractivity contribution is -0.384. The SMILES string of the molecule is CC(C)CNc1ccc(O)cc1[N+](=O)[O-]. The zero-order valence-electron chi connectivity index (χ0n) is 8.73. The quantitative estimate of drug-likeness (QED) is 0.454. The molecule has 1 aromatic carbocycles. The number of hydrogen-bond acceptors (Lipinski definition) is 4. The van der Waals surface area contributed by atoms with E-state index >= 15 is 0 Å². The summed E-state index contributed by atoms with van der Waals surface area (Å²) in [5.74, 6) is 0.301. The minimum Gasteiger partial charge on any atom is -0.508 e. The molecule has 1 aromatic rings. The van der Waals surface area contributed by atoms with Crippen LogP contribution in [0.25, 0.3) is 0 Å². The van der Waals surface area contributed by atoms with E-state index in [-0.39, 0.29) is 11.4 Å². The van der Waals surface area contributed by atoms with E-state index in [9.17, 15) is 10.1 Å². The largest absolute Gasteiger partial charge is 0.508 e. The predicted molar refractivity (Wildman–Crippen MR) is 58.1 cm³/mol. The van der Waals surface area contributed by atoms with Crippen LogP contribution in [0, 0.1) is 16.0 Å². The Balaban J connectivity index is 2.91. The van der Waals surface area contributed by atoms with Gasteiger partial charge in [-0.1, -0.05) is 13.8 Å². The third-order valence-electron chi connectivity index (χ3n) is 1.88. The number of rotatable bonds is 4. The van der Waals surface area contributed by atoms with Crippen molar-refractivity contribution in [3.05, 3.63) is 28.3 Å². The zero-order valence-corrected chi connectivity index (χ0v) is 8.73. The number of aromatic hydroxyl groups is 1. The molecule has 15 heavy (non-hydrogen) atoms. The summed E-state index contributed by atoms with van der Waals surface area (Å²) < 4.78 is 0. The van der Waals surface area contributed by atoms with Crippen LogP contribution in [-0.4, -0.2) is 16.6 Å². The molecule has 0 aliphatic carbocycles. The summed E-state index contributed by atoms with van der Waals surface area (Å²) in [6, 6.07) is 4.08. The number of anilines is 1. The van der Waals surface area contributed by atoms with Gasteiger partial charge in [-0.15, -0.1) is 0 Å². The maximum absolute atomic E-state index is 10.7. The predicted octanol–water partition coefficient (Wildman–Crippen LogP) is 2.37. The van der Waals surface area contributed by atoms with Crippen molar-refractivity contribution in [1.82, 2.24) is 0 Å². The Morgan fingerprint density at radius 1 is 1.53 bits per heavy atom. The van der Waals surface area contributed by atoms with E-state index in [2.05, 4.69) is 5.32 Å². The average molecular weight is 210 g/mol. The van der Waals surface area contributed by atoms with Crippen LogP contribution in [0.1, 0.15) is 13.8 Å². The summed E-state index contributed by atoms with van der Waals surface area (Å²) in [5.41, 5.74) is 0.335. The lowest BCUT2D eigenvalue weighted by Crippen LogP contribution is -2.09. The number of nitrogens with one attached hydrogen (secondary N) is 1. The fraction of sp³-hybridized carbons (Fsp3) is 0.400. The summed E-state index contributed by atoms with van der Waals surface area (Å²) >= 11 is 0. The zero-order chi connectivity index (χ0) is 11.4. The molecule has 0 aliphatic rings. The molecule has 0 fully saturated rings. The van der Waals surface area contributed by atoms with Crippen LogP contribution in [0.5, 0.6) is 5.75 Å². The Labute approximate surface area is 87.9 Å². The normalized spacial score (nSPS) is 10.3. The van der Waals surface area contributed by atoms with Crippen molar-refractivity contribution in [1.29, 1.82) is 0 Å². The molecule has 0 radical (unpaired) electrons. The van der Waals surface area contributed by atoms with Crippen molar-refractivity contribution in [2.75, 3.05) is 11.9 Å². The highest BCUT2D eigenvalue weighted by Crippen LogP contribution is 2.28. The van der Waals surface area contributed by atoms with Gasteiger partial charge in [0.1, 0.15) is 11.4 Å². The van der Waals surface area contributed by atoms with Crippen molar-refractivity contribution in [2.45, 2.75) is 13.8 Å². The van der Waals surface area contributed by atoms with E-state index in [1.54, 1.807) is 0 Å². The standard InChI is InChI=1S/C10H14N2O3/c1-7(2)6-11-9-4-3-8(13)5-10(9)12(14)15/h3-5,7,11,13H,6H2,1-2H3. The molecule has 82 valence electrons. The molecule has 0 saturated heterocycles. The molecule has 5 heteroatoms. The fourth-order valence-corrected chi connectivity index (χ4v) is 1.13. The molecular weight excluding hydrogens is 196 g/mol. The minimum absolute atomic E-state index is 0.100. The number of nitro benzene ring substituents is 1. The van der Waals surface area contributed by atoms with Gasteiger partial charge in [0.15, 0.2) is 0 Å². The molecule has 2 N–H and O–H groups in total. The first-order valence-corrected chi connectivity index (χ1v) is 4.72. The molecule has 5 nitrogen and oxygen atoms in total. The summed E-state index contributed by atoms with van der Waals surface area (Å²) in [7, 11) is 0. The van der Waals surface area contributed by atoms with E-state index < -0.39 is 4.92 Å². The van der Waals surface area contributed by atoms with Gasteiger partial charge in [0.05, 0.1) is 11.0 Å². The van der Waals surface area contributed by atoms with Gasteiger partial charge < -0.3 is 10.4 Å². The van der Waals surface area contributed by atoms with Gasteiger partial charge in [0.25, 0.3) is 5.69 Å². The molecular formula is C10H14N2O3. The Morgan fingerprint density at radius 2 is 2.20 bits per heavy atom. The smallest absolute Gasteiger partial charge is 0.296 e. The van der Waals surface area contributed by atoms with Crippen molar-refractivity contribution in [3.8, 4) is 5.75 Å². The van der Waals surface area contributed by atoms with Gasteiger partial charge in [-0.3, -0.25) is 10.1 Å². The number of hydrogen-bond donors (Lipinski definition) is 2. The molecule has 0 unspecified atom stereocenters. The second kappa shape index (κ2) is 4.63. The van der Waals surface area contributed by atoms with Crippen LogP contribution in [0.2, 0.25) is 0 Å². The lowest BCUT2D eigenvalue weighted by atomic mass is 10.2. The molecule has 0 atom stereocenters. The van der Waals surface area contributed by atoms with Crippen molar-refractivity contribution in [2.24, 2.45) is 5.92 Å². The van der Waals surface area contributed by atoms with Gasteiger partial charge in [-0.2, -0.15) is 0 Å². The Hall–Kier alpha value is -1.78. The Kier molecular flexibility index (Phi) is 3.49. The summed E-state index contributed by atoms with van der Waals surface area (Å²) in [6.45, 7) is 4.68. The van der Waals surface area contributed by atoms with E-state index in [1.807, 2.05) is 13.8 Å². The van der Waals surface area contributed by atoms with E-state index in [0.29, 0.717) is 18.2 Å². The van der Waals surface area contributed by atoms with Gasteiger partial charge in [-0.25, -0.2) is 0 Å². The topological polar surface area (TPSA) is 75.4 Å². The first-order chi connectivity index (χ1) is 7.00.